The van der Waals surface area contributed by atoms with Gasteiger partial charge in [-0.1, -0.05) is 31.6 Å². The number of carbonyl (C=O) groups is 1. The lowest BCUT2D eigenvalue weighted by atomic mass is 9.46. The Hall–Kier alpha value is -1.52. The minimum absolute atomic E-state index is 0.0644. The summed E-state index contributed by atoms with van der Waals surface area (Å²) >= 11 is 1.82. The lowest BCUT2D eigenvalue weighted by Crippen LogP contribution is -2.51. The maximum absolute atomic E-state index is 12.1. The zero-order valence-electron chi connectivity index (χ0n) is 20.1. The molecule has 2 heterocycles. The fourth-order valence-electron chi connectivity index (χ4n) is 9.28. The third-order valence-electron chi connectivity index (χ3n) is 11.0. The number of benzene rings is 1. The van der Waals surface area contributed by atoms with Gasteiger partial charge < -0.3 is 4.74 Å². The maximum Gasteiger partial charge on any atom is 0.155 e. The van der Waals surface area contributed by atoms with E-state index in [1.165, 1.54) is 47.4 Å². The Morgan fingerprint density at radius 3 is 2.70 bits per heavy atom. The van der Waals surface area contributed by atoms with Crippen molar-refractivity contribution in [3.63, 3.8) is 0 Å². The van der Waals surface area contributed by atoms with Gasteiger partial charge in [0, 0.05) is 6.42 Å². The molecule has 8 atom stereocenters. The van der Waals surface area contributed by atoms with Crippen LogP contribution in [-0.4, -0.2) is 16.4 Å². The molecular weight excluding hydrogens is 426 g/mol. The highest BCUT2D eigenvalue weighted by Gasteiger charge is 2.69. The van der Waals surface area contributed by atoms with Crippen molar-refractivity contribution in [3.05, 3.63) is 40.9 Å². The van der Waals surface area contributed by atoms with Crippen LogP contribution in [0.15, 0.2) is 35.9 Å². The number of carbonyl (C=O) groups excluding carboxylic acids is 1. The molecule has 0 spiro atoms. The SMILES string of the molecule is C[C@]12CC[C@H]3[C@@H](CCC4=CC(=O)CC[C@@]43C)[C@@H]1CC[C@@H]2[C@]1(C)O[C@H]1c1nc2ccccc2s1. The summed E-state index contributed by atoms with van der Waals surface area (Å²) < 4.78 is 7.84. The third kappa shape index (κ3) is 2.77. The van der Waals surface area contributed by atoms with E-state index in [9.17, 15) is 4.79 Å². The number of ketones is 1. The number of hydrogen-bond donors (Lipinski definition) is 0. The highest BCUT2D eigenvalue weighted by molar-refractivity contribution is 7.18. The standard InChI is InChI=1S/C29H35NO2S/c1-27-14-12-18(31)16-17(27)8-9-19-20-10-11-24(28(20,2)15-13-21(19)27)29(3)25(32-29)26-30-22-6-4-5-7-23(22)33-26/h4-7,16,19-21,24-25H,8-15H2,1-3H3/t19-,20-,21-,24-,25-,27-,28-,29-/m0/s1. The Morgan fingerprint density at radius 1 is 1.00 bits per heavy atom. The molecule has 7 rings (SSSR count). The fourth-order valence-corrected chi connectivity index (χ4v) is 10.4. The summed E-state index contributed by atoms with van der Waals surface area (Å²) in [5, 5.41) is 1.17. The molecule has 0 unspecified atom stereocenters. The molecule has 5 aliphatic rings. The van der Waals surface area contributed by atoms with Crippen molar-refractivity contribution in [2.24, 2.45) is 34.5 Å². The summed E-state index contributed by atoms with van der Waals surface area (Å²) in [6.45, 7) is 7.47. The highest BCUT2D eigenvalue weighted by Crippen LogP contribution is 2.72. The number of nitrogens with zero attached hydrogens (tertiary/aromatic N) is 1. The predicted octanol–water partition coefficient (Wildman–Crippen LogP) is 7.27. The summed E-state index contributed by atoms with van der Waals surface area (Å²) in [4.78, 5) is 17.1. The van der Waals surface area contributed by atoms with E-state index in [0.29, 0.717) is 17.1 Å². The molecule has 0 radical (unpaired) electrons. The average molecular weight is 462 g/mol. The summed E-state index contributed by atoms with van der Waals surface area (Å²) in [6.07, 6.45) is 11.7. The number of aromatic nitrogens is 1. The van der Waals surface area contributed by atoms with E-state index in [0.717, 1.165) is 42.5 Å². The van der Waals surface area contributed by atoms with Crippen LogP contribution < -0.4 is 0 Å². The Labute approximate surface area is 201 Å². The first-order chi connectivity index (χ1) is 15.8. The molecule has 4 aliphatic carbocycles. The number of fused-ring (bicyclic) bond motifs is 6. The van der Waals surface area contributed by atoms with Gasteiger partial charge in [-0.15, -0.1) is 11.3 Å². The van der Waals surface area contributed by atoms with Crippen molar-refractivity contribution in [1.29, 1.82) is 0 Å². The van der Waals surface area contributed by atoms with E-state index in [1.54, 1.807) is 0 Å². The van der Waals surface area contributed by atoms with Gasteiger partial charge in [-0.3, -0.25) is 4.79 Å². The first-order valence-corrected chi connectivity index (χ1v) is 13.9. The van der Waals surface area contributed by atoms with Gasteiger partial charge in [0.1, 0.15) is 16.7 Å². The second-order valence-corrected chi connectivity index (χ2v) is 13.4. The van der Waals surface area contributed by atoms with Gasteiger partial charge in [-0.25, -0.2) is 4.98 Å². The summed E-state index contributed by atoms with van der Waals surface area (Å²) in [6, 6.07) is 8.48. The molecule has 174 valence electrons. The Balaban J connectivity index is 1.17. The van der Waals surface area contributed by atoms with Crippen molar-refractivity contribution in [2.75, 3.05) is 0 Å². The number of allylic oxidation sites excluding steroid dienone is 1. The van der Waals surface area contributed by atoms with E-state index in [4.69, 9.17) is 9.72 Å². The molecular formula is C29H35NO2S. The van der Waals surface area contributed by atoms with Crippen LogP contribution in [-0.2, 0) is 9.53 Å². The molecule has 1 aromatic carbocycles. The zero-order chi connectivity index (χ0) is 22.6. The quantitative estimate of drug-likeness (QED) is 0.442. The van der Waals surface area contributed by atoms with Crippen molar-refractivity contribution in [2.45, 2.75) is 83.8 Å². The molecule has 0 amide bonds. The number of epoxide rings is 1. The first-order valence-electron chi connectivity index (χ1n) is 13.1. The molecule has 1 aromatic heterocycles. The van der Waals surface area contributed by atoms with E-state index in [-0.39, 0.29) is 17.1 Å². The fraction of sp³-hybridized carbons (Fsp3) is 0.655. The first kappa shape index (κ1) is 20.8. The van der Waals surface area contributed by atoms with Crippen LogP contribution in [0.5, 0.6) is 0 Å². The molecule has 1 saturated heterocycles. The zero-order valence-corrected chi connectivity index (χ0v) is 20.9. The number of hydrogen-bond acceptors (Lipinski definition) is 4. The van der Waals surface area contributed by atoms with Crippen molar-refractivity contribution >= 4 is 27.3 Å². The number of rotatable bonds is 2. The molecule has 33 heavy (non-hydrogen) atoms. The molecule has 4 fully saturated rings. The van der Waals surface area contributed by atoms with Crippen LogP contribution >= 0.6 is 11.3 Å². The van der Waals surface area contributed by atoms with E-state index >= 15 is 0 Å². The predicted molar refractivity (Wildman–Crippen MR) is 132 cm³/mol. The molecule has 0 N–H and O–H groups in total. The van der Waals surface area contributed by atoms with Crippen molar-refractivity contribution in [3.8, 4) is 0 Å². The van der Waals surface area contributed by atoms with Gasteiger partial charge in [0.05, 0.1) is 10.2 Å². The molecule has 2 aromatic rings. The summed E-state index contributed by atoms with van der Waals surface area (Å²) in [5.41, 5.74) is 3.15. The lowest BCUT2D eigenvalue weighted by molar-refractivity contribution is -0.117. The Bertz CT molecular complexity index is 1150. The third-order valence-corrected chi connectivity index (χ3v) is 12.1. The smallest absolute Gasteiger partial charge is 0.155 e. The normalized spacial score (nSPS) is 46.5. The van der Waals surface area contributed by atoms with Crippen LogP contribution in [0.3, 0.4) is 0 Å². The van der Waals surface area contributed by atoms with E-state index in [1.807, 2.05) is 17.4 Å². The van der Waals surface area contributed by atoms with E-state index in [2.05, 4.69) is 45.0 Å². The molecule has 3 nitrogen and oxygen atoms in total. The van der Waals surface area contributed by atoms with Crippen molar-refractivity contribution < 1.29 is 9.53 Å². The highest BCUT2D eigenvalue weighted by atomic mass is 32.1. The lowest BCUT2D eigenvalue weighted by Gasteiger charge is -2.58. The minimum atomic E-state index is -0.0644. The molecule has 3 saturated carbocycles. The summed E-state index contributed by atoms with van der Waals surface area (Å²) in [5.74, 6) is 3.35. The summed E-state index contributed by atoms with van der Waals surface area (Å²) in [7, 11) is 0. The number of para-hydroxylation sites is 1. The number of thiazole rings is 1. The van der Waals surface area contributed by atoms with Crippen LogP contribution in [0.4, 0.5) is 0 Å². The average Bonchev–Trinajstić information content (AvgIpc) is 3.15. The monoisotopic (exact) mass is 461 g/mol. The molecule has 1 aliphatic heterocycles. The van der Waals surface area contributed by atoms with Gasteiger partial charge in [-0.05, 0) is 105 Å². The van der Waals surface area contributed by atoms with Gasteiger partial charge in [-0.2, -0.15) is 0 Å². The second-order valence-electron chi connectivity index (χ2n) is 12.3. The van der Waals surface area contributed by atoms with Gasteiger partial charge in [0.25, 0.3) is 0 Å². The van der Waals surface area contributed by atoms with E-state index < -0.39 is 0 Å². The minimum Gasteiger partial charge on any atom is -0.358 e. The Kier molecular flexibility index (Phi) is 4.28. The molecule has 4 heteroatoms. The van der Waals surface area contributed by atoms with Crippen molar-refractivity contribution in [1.82, 2.24) is 4.98 Å². The maximum atomic E-state index is 12.1. The van der Waals surface area contributed by atoms with Crippen LogP contribution in [0.1, 0.15) is 83.2 Å². The largest absolute Gasteiger partial charge is 0.358 e. The Morgan fingerprint density at radius 2 is 1.85 bits per heavy atom. The van der Waals surface area contributed by atoms with Gasteiger partial charge >= 0.3 is 0 Å². The van der Waals surface area contributed by atoms with Crippen LogP contribution in [0.2, 0.25) is 0 Å². The number of ether oxygens (including phenoxy) is 1. The van der Waals surface area contributed by atoms with Crippen LogP contribution in [0.25, 0.3) is 10.2 Å². The topological polar surface area (TPSA) is 42.5 Å². The second kappa shape index (κ2) is 6.79. The van der Waals surface area contributed by atoms with Gasteiger partial charge in [0.15, 0.2) is 5.78 Å². The molecule has 0 bridgehead atoms. The van der Waals surface area contributed by atoms with Crippen LogP contribution in [0, 0.1) is 34.5 Å². The van der Waals surface area contributed by atoms with Gasteiger partial charge in [0.2, 0.25) is 0 Å².